The number of hydrogen-bond donors (Lipinski definition) is 3. The molecule has 1 atom stereocenters. The Morgan fingerprint density at radius 3 is 2.00 bits per heavy atom. The number of para-hydroxylation sites is 1. The fourth-order valence-corrected chi connectivity index (χ4v) is 4.46. The van der Waals surface area contributed by atoms with Gasteiger partial charge in [-0.2, -0.15) is 0 Å². The van der Waals surface area contributed by atoms with Gasteiger partial charge in [0.1, 0.15) is 0 Å². The minimum atomic E-state index is -1.56. The van der Waals surface area contributed by atoms with Crippen LogP contribution in [0.2, 0.25) is 0 Å². The number of anilines is 3. The van der Waals surface area contributed by atoms with Crippen LogP contribution in [0.15, 0.2) is 72.8 Å². The summed E-state index contributed by atoms with van der Waals surface area (Å²) in [6.07, 6.45) is -0.253. The summed E-state index contributed by atoms with van der Waals surface area (Å²) in [6.45, 7) is 4.97. The first kappa shape index (κ1) is 25.9. The Labute approximate surface area is 217 Å². The Bertz CT molecular complexity index is 1220. The van der Waals surface area contributed by atoms with Gasteiger partial charge in [-0.3, -0.25) is 9.59 Å². The molecule has 192 valence electrons. The number of benzene rings is 3. The number of nitrogens with zero attached hydrogens (tertiary/aromatic N) is 2. The number of fused-ring (bicyclic) bond motifs is 1. The summed E-state index contributed by atoms with van der Waals surface area (Å²) in [5.41, 5.74) is 3.06. The van der Waals surface area contributed by atoms with Gasteiger partial charge in [0.2, 0.25) is 5.91 Å². The zero-order valence-corrected chi connectivity index (χ0v) is 21.7. The van der Waals surface area contributed by atoms with Gasteiger partial charge in [0.15, 0.2) is 5.54 Å². The molecule has 3 N–H and O–H groups in total. The van der Waals surface area contributed by atoms with E-state index in [0.29, 0.717) is 35.7 Å². The highest BCUT2D eigenvalue weighted by Gasteiger charge is 2.53. The second-order valence-corrected chi connectivity index (χ2v) is 9.72. The summed E-state index contributed by atoms with van der Waals surface area (Å²) in [5.74, 6) is -0.717. The summed E-state index contributed by atoms with van der Waals surface area (Å²) < 4.78 is 0. The minimum Gasteiger partial charge on any atom is -0.326 e. The van der Waals surface area contributed by atoms with E-state index in [0.717, 1.165) is 11.1 Å². The number of likely N-dealkylation sites (N-methyl/N-ethyl adjacent to an activating group) is 1. The highest BCUT2D eigenvalue weighted by molar-refractivity contribution is 6.12. The highest BCUT2D eigenvalue weighted by Crippen LogP contribution is 2.42. The van der Waals surface area contributed by atoms with Crippen LogP contribution < -0.4 is 20.9 Å². The van der Waals surface area contributed by atoms with E-state index < -0.39 is 11.6 Å². The fourth-order valence-electron chi connectivity index (χ4n) is 4.46. The van der Waals surface area contributed by atoms with Crippen LogP contribution in [0.1, 0.15) is 23.1 Å². The number of rotatable bonds is 8. The van der Waals surface area contributed by atoms with Gasteiger partial charge in [-0.1, -0.05) is 53.6 Å². The molecule has 8 nitrogen and oxygen atoms in total. The van der Waals surface area contributed by atoms with Crippen LogP contribution in [0.25, 0.3) is 0 Å². The average molecular weight is 500 g/mol. The Morgan fingerprint density at radius 1 is 0.838 bits per heavy atom. The Balaban J connectivity index is 1.67. The topological polar surface area (TPSA) is 93.8 Å². The molecule has 0 aliphatic carbocycles. The fraction of sp³-hybridized carbons (Fsp3) is 0.276. The van der Waals surface area contributed by atoms with Crippen molar-refractivity contribution in [1.29, 1.82) is 0 Å². The normalized spacial score (nSPS) is 16.5. The third kappa shape index (κ3) is 5.81. The first-order valence-corrected chi connectivity index (χ1v) is 12.3. The van der Waals surface area contributed by atoms with Gasteiger partial charge >= 0.3 is 6.03 Å². The van der Waals surface area contributed by atoms with E-state index in [4.69, 9.17) is 0 Å². The number of carbonyl (C=O) groups excluding carboxylic acids is 3. The second kappa shape index (κ2) is 10.8. The van der Waals surface area contributed by atoms with Crippen LogP contribution in [-0.2, 0) is 15.1 Å². The molecule has 37 heavy (non-hydrogen) atoms. The smallest absolute Gasteiger partial charge is 0.320 e. The average Bonchev–Trinajstić information content (AvgIpc) is 3.07. The van der Waals surface area contributed by atoms with E-state index in [-0.39, 0.29) is 18.2 Å². The van der Waals surface area contributed by atoms with Crippen molar-refractivity contribution in [2.75, 3.05) is 42.7 Å². The molecule has 0 unspecified atom stereocenters. The molecule has 0 aromatic heterocycles. The SMILES string of the molecule is Cc1ccc(NC(=O)C[C@@]2(NC(=O)Nc3ccc(C)cc3)C(=O)N(CCN(C)C)c3ccccc32)cc1. The van der Waals surface area contributed by atoms with E-state index in [1.165, 1.54) is 0 Å². The first-order valence-electron chi connectivity index (χ1n) is 12.3. The van der Waals surface area contributed by atoms with E-state index in [1.807, 2.05) is 87.4 Å². The lowest BCUT2D eigenvalue weighted by molar-refractivity contribution is -0.128. The third-order valence-electron chi connectivity index (χ3n) is 6.43. The van der Waals surface area contributed by atoms with Gasteiger partial charge in [0, 0.05) is 35.7 Å². The van der Waals surface area contributed by atoms with Gasteiger partial charge in [0.25, 0.3) is 5.91 Å². The first-order chi connectivity index (χ1) is 17.7. The zero-order chi connectivity index (χ0) is 26.6. The third-order valence-corrected chi connectivity index (χ3v) is 6.43. The molecule has 0 radical (unpaired) electrons. The molecular weight excluding hydrogens is 466 g/mol. The lowest BCUT2D eigenvalue weighted by atomic mass is 9.87. The molecule has 1 aliphatic heterocycles. The van der Waals surface area contributed by atoms with Gasteiger partial charge < -0.3 is 25.8 Å². The molecule has 4 amide bonds. The molecule has 0 spiro atoms. The quantitative estimate of drug-likeness (QED) is 0.432. The number of amides is 4. The van der Waals surface area contributed by atoms with Crippen LogP contribution in [-0.4, -0.2) is 49.9 Å². The summed E-state index contributed by atoms with van der Waals surface area (Å²) in [6, 6.07) is 21.5. The van der Waals surface area contributed by atoms with Crippen molar-refractivity contribution in [2.24, 2.45) is 0 Å². The van der Waals surface area contributed by atoms with Gasteiger partial charge in [-0.15, -0.1) is 0 Å². The Kier molecular flexibility index (Phi) is 7.59. The predicted octanol–water partition coefficient (Wildman–Crippen LogP) is 4.26. The standard InChI is InChI=1S/C29H33N5O3/c1-20-9-13-22(14-10-20)30-26(35)19-29(32-28(37)31-23-15-11-21(2)12-16-23)24-7-5-6-8-25(24)34(27(29)36)18-17-33(3)4/h5-16H,17-19H2,1-4H3,(H,30,35)(H2,31,32,37)/t29-/m0/s1. The largest absolute Gasteiger partial charge is 0.326 e. The van der Waals surface area contributed by atoms with Crippen molar-refractivity contribution in [1.82, 2.24) is 10.2 Å². The van der Waals surface area contributed by atoms with E-state index in [1.54, 1.807) is 23.1 Å². The summed E-state index contributed by atoms with van der Waals surface area (Å²) >= 11 is 0. The number of aryl methyl sites for hydroxylation is 2. The van der Waals surface area contributed by atoms with Crippen molar-refractivity contribution in [3.8, 4) is 0 Å². The molecule has 3 aromatic carbocycles. The maximum absolute atomic E-state index is 14.0. The molecule has 1 aliphatic rings. The monoisotopic (exact) mass is 499 g/mol. The van der Waals surface area contributed by atoms with Crippen molar-refractivity contribution < 1.29 is 14.4 Å². The Hall–Kier alpha value is -4.17. The van der Waals surface area contributed by atoms with Crippen molar-refractivity contribution in [3.05, 3.63) is 89.5 Å². The number of carbonyl (C=O) groups is 3. The van der Waals surface area contributed by atoms with Crippen molar-refractivity contribution in [2.45, 2.75) is 25.8 Å². The van der Waals surface area contributed by atoms with Crippen molar-refractivity contribution in [3.63, 3.8) is 0 Å². The van der Waals surface area contributed by atoms with E-state index in [9.17, 15) is 14.4 Å². The van der Waals surface area contributed by atoms with Gasteiger partial charge in [-0.05, 0) is 58.3 Å². The van der Waals surface area contributed by atoms with Crippen LogP contribution >= 0.6 is 0 Å². The zero-order valence-electron chi connectivity index (χ0n) is 21.7. The van der Waals surface area contributed by atoms with Crippen LogP contribution in [0.5, 0.6) is 0 Å². The molecule has 4 rings (SSSR count). The summed E-state index contributed by atoms with van der Waals surface area (Å²) in [4.78, 5) is 44.2. The summed E-state index contributed by atoms with van der Waals surface area (Å²) in [7, 11) is 3.87. The molecule has 8 heteroatoms. The second-order valence-electron chi connectivity index (χ2n) is 9.72. The van der Waals surface area contributed by atoms with E-state index in [2.05, 4.69) is 16.0 Å². The Morgan fingerprint density at radius 2 is 1.41 bits per heavy atom. The van der Waals surface area contributed by atoms with Crippen LogP contribution in [0.3, 0.4) is 0 Å². The van der Waals surface area contributed by atoms with Gasteiger partial charge in [0.05, 0.1) is 6.42 Å². The van der Waals surface area contributed by atoms with Crippen LogP contribution in [0.4, 0.5) is 21.9 Å². The molecule has 0 saturated carbocycles. The highest BCUT2D eigenvalue weighted by atomic mass is 16.2. The maximum Gasteiger partial charge on any atom is 0.320 e. The van der Waals surface area contributed by atoms with Gasteiger partial charge in [-0.25, -0.2) is 4.79 Å². The minimum absolute atomic E-state index is 0.253. The lowest BCUT2D eigenvalue weighted by Gasteiger charge is -2.30. The lowest BCUT2D eigenvalue weighted by Crippen LogP contribution is -2.56. The molecule has 0 bridgehead atoms. The number of nitrogens with one attached hydrogen (secondary N) is 3. The molecular formula is C29H33N5O3. The van der Waals surface area contributed by atoms with Crippen LogP contribution in [0, 0.1) is 13.8 Å². The predicted molar refractivity (Wildman–Crippen MR) is 147 cm³/mol. The number of urea groups is 1. The molecule has 0 saturated heterocycles. The molecule has 1 heterocycles. The molecule has 0 fully saturated rings. The van der Waals surface area contributed by atoms with E-state index >= 15 is 0 Å². The van der Waals surface area contributed by atoms with Crippen molar-refractivity contribution >= 4 is 34.9 Å². The summed E-state index contributed by atoms with van der Waals surface area (Å²) in [5, 5.41) is 8.57. The number of hydrogen-bond acceptors (Lipinski definition) is 4. The maximum atomic E-state index is 14.0. The molecule has 3 aromatic rings.